The van der Waals surface area contributed by atoms with Gasteiger partial charge in [0.1, 0.15) is 11.6 Å². The molecule has 0 spiro atoms. The van der Waals surface area contributed by atoms with Gasteiger partial charge >= 0.3 is 0 Å². The summed E-state index contributed by atoms with van der Waals surface area (Å²) in [6.45, 7) is 9.65. The van der Waals surface area contributed by atoms with Crippen LogP contribution in [0.25, 0.3) is 0 Å². The minimum atomic E-state index is -0.481. The van der Waals surface area contributed by atoms with Gasteiger partial charge in [0.25, 0.3) is 5.91 Å². The highest BCUT2D eigenvalue weighted by Gasteiger charge is 2.33. The zero-order valence-corrected chi connectivity index (χ0v) is 13.2. The first-order chi connectivity index (χ1) is 9.93. The van der Waals surface area contributed by atoms with E-state index in [0.717, 1.165) is 12.6 Å². The van der Waals surface area contributed by atoms with Crippen molar-refractivity contribution in [2.75, 3.05) is 18.4 Å². The number of piperidine rings is 1. The maximum absolute atomic E-state index is 13.5. The lowest BCUT2D eigenvalue weighted by atomic mass is 9.85. The van der Waals surface area contributed by atoms with Gasteiger partial charge in [-0.25, -0.2) is 9.37 Å². The number of rotatable bonds is 3. The van der Waals surface area contributed by atoms with Gasteiger partial charge in [0.15, 0.2) is 0 Å². The van der Waals surface area contributed by atoms with E-state index in [1.54, 1.807) is 0 Å². The van der Waals surface area contributed by atoms with E-state index in [4.69, 9.17) is 0 Å². The topological polar surface area (TPSA) is 45.2 Å². The Morgan fingerprint density at radius 2 is 2.19 bits per heavy atom. The molecule has 1 saturated heterocycles. The fraction of sp³-hybridized carbons (Fsp3) is 0.625. The molecule has 1 aromatic heterocycles. The second kappa shape index (κ2) is 6.41. The van der Waals surface area contributed by atoms with E-state index < -0.39 is 5.82 Å². The molecule has 0 radical (unpaired) electrons. The number of anilines is 1. The largest absolute Gasteiger partial charge is 0.370 e. The van der Waals surface area contributed by atoms with Crippen molar-refractivity contribution in [3.8, 4) is 0 Å². The highest BCUT2D eigenvalue weighted by Crippen LogP contribution is 2.29. The predicted molar refractivity (Wildman–Crippen MR) is 81.8 cm³/mol. The summed E-state index contributed by atoms with van der Waals surface area (Å²) >= 11 is 0. The van der Waals surface area contributed by atoms with Gasteiger partial charge in [0, 0.05) is 19.1 Å². The van der Waals surface area contributed by atoms with E-state index in [-0.39, 0.29) is 11.9 Å². The first-order valence-electron chi connectivity index (χ1n) is 7.64. The van der Waals surface area contributed by atoms with E-state index in [0.29, 0.717) is 36.3 Å². The van der Waals surface area contributed by atoms with Crippen LogP contribution in [0.3, 0.4) is 0 Å². The van der Waals surface area contributed by atoms with Crippen LogP contribution in [0.2, 0.25) is 0 Å². The SMILES string of the molecule is CCNc1ncc(F)cc1C(=O)N1CC(C)CC(C)C1C. The first kappa shape index (κ1) is 15.7. The molecule has 3 unspecified atom stereocenters. The minimum absolute atomic E-state index is 0.135. The average Bonchev–Trinajstić information content (AvgIpc) is 2.44. The molecule has 0 aromatic carbocycles. The van der Waals surface area contributed by atoms with Crippen molar-refractivity contribution >= 4 is 11.7 Å². The number of aromatic nitrogens is 1. The number of pyridine rings is 1. The van der Waals surface area contributed by atoms with Crippen LogP contribution in [0, 0.1) is 17.7 Å². The van der Waals surface area contributed by atoms with Crippen molar-refractivity contribution in [2.45, 2.75) is 40.2 Å². The van der Waals surface area contributed by atoms with E-state index in [2.05, 4.69) is 31.1 Å². The van der Waals surface area contributed by atoms with Gasteiger partial charge in [0.05, 0.1) is 11.8 Å². The van der Waals surface area contributed by atoms with Crippen LogP contribution < -0.4 is 5.32 Å². The third-order valence-corrected chi connectivity index (χ3v) is 4.29. The van der Waals surface area contributed by atoms with Gasteiger partial charge in [-0.1, -0.05) is 13.8 Å². The zero-order valence-electron chi connectivity index (χ0n) is 13.2. The number of hydrogen-bond acceptors (Lipinski definition) is 3. The van der Waals surface area contributed by atoms with E-state index in [1.807, 2.05) is 11.8 Å². The van der Waals surface area contributed by atoms with Crippen molar-refractivity contribution in [3.63, 3.8) is 0 Å². The molecule has 1 amide bonds. The molecular formula is C16H24FN3O. The summed E-state index contributed by atoms with van der Waals surface area (Å²) in [5.74, 6) is 0.752. The number of likely N-dealkylation sites (tertiary alicyclic amines) is 1. The molecule has 0 aliphatic carbocycles. The Kier molecular flexibility index (Phi) is 4.80. The smallest absolute Gasteiger partial charge is 0.257 e. The summed E-state index contributed by atoms with van der Waals surface area (Å²) in [6.07, 6.45) is 2.26. The highest BCUT2D eigenvalue weighted by molar-refractivity contribution is 5.99. The Hall–Kier alpha value is -1.65. The lowest BCUT2D eigenvalue weighted by Gasteiger charge is -2.41. The summed E-state index contributed by atoms with van der Waals surface area (Å²) in [4.78, 5) is 18.7. The fourth-order valence-corrected chi connectivity index (χ4v) is 3.05. The van der Waals surface area contributed by atoms with Crippen LogP contribution in [-0.2, 0) is 0 Å². The van der Waals surface area contributed by atoms with E-state index in [1.165, 1.54) is 6.07 Å². The summed E-state index contributed by atoms with van der Waals surface area (Å²) in [6, 6.07) is 1.44. The summed E-state index contributed by atoms with van der Waals surface area (Å²) in [5, 5.41) is 3.04. The number of amides is 1. The molecule has 0 bridgehead atoms. The molecule has 2 rings (SSSR count). The molecule has 21 heavy (non-hydrogen) atoms. The summed E-state index contributed by atoms with van der Waals surface area (Å²) < 4.78 is 13.5. The summed E-state index contributed by atoms with van der Waals surface area (Å²) in [5.41, 5.74) is 0.324. The molecule has 1 N–H and O–H groups in total. The molecule has 1 aromatic rings. The Labute approximate surface area is 125 Å². The van der Waals surface area contributed by atoms with Crippen molar-refractivity contribution in [3.05, 3.63) is 23.6 Å². The average molecular weight is 293 g/mol. The maximum Gasteiger partial charge on any atom is 0.257 e. The van der Waals surface area contributed by atoms with Crippen molar-refractivity contribution in [2.24, 2.45) is 11.8 Å². The molecule has 1 aliphatic heterocycles. The van der Waals surface area contributed by atoms with Gasteiger partial charge in [-0.15, -0.1) is 0 Å². The van der Waals surface area contributed by atoms with E-state index in [9.17, 15) is 9.18 Å². The highest BCUT2D eigenvalue weighted by atomic mass is 19.1. The van der Waals surface area contributed by atoms with Crippen molar-refractivity contribution in [1.29, 1.82) is 0 Å². The monoisotopic (exact) mass is 293 g/mol. The quantitative estimate of drug-likeness (QED) is 0.931. The lowest BCUT2D eigenvalue weighted by Crippen LogP contribution is -2.49. The van der Waals surface area contributed by atoms with Gasteiger partial charge in [-0.3, -0.25) is 4.79 Å². The normalized spacial score (nSPS) is 25.8. The van der Waals surface area contributed by atoms with Gasteiger partial charge in [0.2, 0.25) is 0 Å². The van der Waals surface area contributed by atoms with Crippen LogP contribution in [0.5, 0.6) is 0 Å². The molecule has 2 heterocycles. The lowest BCUT2D eigenvalue weighted by molar-refractivity contribution is 0.0456. The van der Waals surface area contributed by atoms with Gasteiger partial charge < -0.3 is 10.2 Å². The molecule has 3 atom stereocenters. The second-order valence-electron chi connectivity index (χ2n) is 6.10. The van der Waals surface area contributed by atoms with Crippen LogP contribution in [-0.4, -0.2) is 34.9 Å². The second-order valence-corrected chi connectivity index (χ2v) is 6.10. The van der Waals surface area contributed by atoms with Crippen LogP contribution in [0.15, 0.2) is 12.3 Å². The van der Waals surface area contributed by atoms with Crippen LogP contribution >= 0.6 is 0 Å². The van der Waals surface area contributed by atoms with Crippen LogP contribution in [0.4, 0.5) is 10.2 Å². The van der Waals surface area contributed by atoms with Crippen molar-refractivity contribution < 1.29 is 9.18 Å². The molecule has 0 saturated carbocycles. The number of carbonyl (C=O) groups is 1. The fourth-order valence-electron chi connectivity index (χ4n) is 3.05. The molecule has 116 valence electrons. The number of halogens is 1. The van der Waals surface area contributed by atoms with Gasteiger partial charge in [-0.05, 0) is 38.2 Å². The molecule has 4 nitrogen and oxygen atoms in total. The maximum atomic E-state index is 13.5. The molecule has 1 aliphatic rings. The Morgan fingerprint density at radius 3 is 2.86 bits per heavy atom. The predicted octanol–water partition coefficient (Wildman–Crippen LogP) is 3.16. The third kappa shape index (κ3) is 3.34. The zero-order chi connectivity index (χ0) is 15.6. The molecule has 5 heteroatoms. The molecular weight excluding hydrogens is 269 g/mol. The number of hydrogen-bond donors (Lipinski definition) is 1. The van der Waals surface area contributed by atoms with Crippen LogP contribution in [0.1, 0.15) is 44.5 Å². The number of nitrogens with zero attached hydrogens (tertiary/aromatic N) is 2. The minimum Gasteiger partial charge on any atom is -0.370 e. The third-order valence-electron chi connectivity index (χ3n) is 4.29. The van der Waals surface area contributed by atoms with Crippen molar-refractivity contribution in [1.82, 2.24) is 9.88 Å². The Bertz CT molecular complexity index is 520. The number of carbonyl (C=O) groups excluding carboxylic acids is 1. The van der Waals surface area contributed by atoms with E-state index >= 15 is 0 Å². The first-order valence-corrected chi connectivity index (χ1v) is 7.64. The summed E-state index contributed by atoms with van der Waals surface area (Å²) in [7, 11) is 0. The number of nitrogens with one attached hydrogen (secondary N) is 1. The Morgan fingerprint density at radius 1 is 1.48 bits per heavy atom. The standard InChI is InChI=1S/C16H24FN3O/c1-5-18-15-14(7-13(17)8-19-15)16(21)20-9-10(2)6-11(3)12(20)4/h7-8,10-12H,5-6,9H2,1-4H3,(H,18,19). The molecule has 1 fully saturated rings. The van der Waals surface area contributed by atoms with Gasteiger partial charge in [-0.2, -0.15) is 0 Å². The Balaban J connectivity index is 2.32.